The molecule has 1 aliphatic rings. The Labute approximate surface area is 155 Å². The number of carbonyl (C=O) groups is 1. The van der Waals surface area contributed by atoms with E-state index in [0.29, 0.717) is 10.7 Å². The number of furan rings is 1. The number of carbonyl (C=O) groups excluding carboxylic acids is 1. The SMILES string of the molecule is CC[NH+]1CCN(c2ccc(NC(=O)c3ccc([N+](=O)[O-])o3)cc2Cl)CC1. The third kappa shape index (κ3) is 3.97. The second-order valence-corrected chi connectivity index (χ2v) is 6.51. The third-order valence-electron chi connectivity index (χ3n) is 4.51. The summed E-state index contributed by atoms with van der Waals surface area (Å²) in [4.78, 5) is 25.9. The van der Waals surface area contributed by atoms with Gasteiger partial charge in [0.15, 0.2) is 5.76 Å². The van der Waals surface area contributed by atoms with Gasteiger partial charge in [0, 0.05) is 5.69 Å². The second kappa shape index (κ2) is 7.76. The maximum absolute atomic E-state index is 12.1. The predicted octanol–water partition coefficient (Wildman–Crippen LogP) is 1.82. The lowest BCUT2D eigenvalue weighted by Crippen LogP contribution is -3.14. The quantitative estimate of drug-likeness (QED) is 0.610. The molecule has 0 bridgehead atoms. The molecule has 0 spiro atoms. The van der Waals surface area contributed by atoms with Crippen LogP contribution in [0.3, 0.4) is 0 Å². The van der Waals surface area contributed by atoms with Crippen molar-refractivity contribution >= 4 is 34.8 Å². The van der Waals surface area contributed by atoms with Crippen LogP contribution in [0.4, 0.5) is 17.3 Å². The van der Waals surface area contributed by atoms with Gasteiger partial charge >= 0.3 is 5.88 Å². The molecule has 1 amide bonds. The van der Waals surface area contributed by atoms with Gasteiger partial charge in [-0.3, -0.25) is 14.9 Å². The molecule has 1 aromatic carbocycles. The fourth-order valence-electron chi connectivity index (χ4n) is 3.00. The Morgan fingerprint density at radius 2 is 2.08 bits per heavy atom. The van der Waals surface area contributed by atoms with Crippen molar-refractivity contribution in [3.8, 4) is 0 Å². The first-order chi connectivity index (χ1) is 12.5. The highest BCUT2D eigenvalue weighted by Gasteiger charge is 2.21. The number of nitrogens with one attached hydrogen (secondary N) is 2. The topological polar surface area (TPSA) is 93.1 Å². The van der Waals surface area contributed by atoms with Gasteiger partial charge in [-0.15, -0.1) is 0 Å². The summed E-state index contributed by atoms with van der Waals surface area (Å²) in [7, 11) is 0. The Bertz CT molecular complexity index is 815. The number of benzene rings is 1. The molecule has 0 unspecified atom stereocenters. The van der Waals surface area contributed by atoms with Crippen LogP contribution in [-0.2, 0) is 0 Å². The summed E-state index contributed by atoms with van der Waals surface area (Å²) in [6, 6.07) is 7.71. The molecule has 2 aromatic rings. The molecule has 2 N–H and O–H groups in total. The number of hydrogen-bond acceptors (Lipinski definition) is 5. The molecule has 9 heteroatoms. The first kappa shape index (κ1) is 18.2. The fraction of sp³-hybridized carbons (Fsp3) is 0.353. The number of rotatable bonds is 5. The van der Waals surface area contributed by atoms with Crippen LogP contribution in [0.5, 0.6) is 0 Å². The van der Waals surface area contributed by atoms with Crippen LogP contribution in [0.15, 0.2) is 34.7 Å². The second-order valence-electron chi connectivity index (χ2n) is 6.11. The van der Waals surface area contributed by atoms with Gasteiger partial charge in [0.2, 0.25) is 0 Å². The van der Waals surface area contributed by atoms with Crippen molar-refractivity contribution in [2.24, 2.45) is 0 Å². The molecule has 0 saturated carbocycles. The Balaban J connectivity index is 1.67. The zero-order valence-corrected chi connectivity index (χ0v) is 15.1. The summed E-state index contributed by atoms with van der Waals surface area (Å²) in [5.41, 5.74) is 1.44. The molecule has 3 rings (SSSR count). The first-order valence-corrected chi connectivity index (χ1v) is 8.79. The van der Waals surface area contributed by atoms with Gasteiger partial charge in [-0.05, 0) is 31.2 Å². The van der Waals surface area contributed by atoms with Gasteiger partial charge in [0.05, 0.1) is 49.5 Å². The van der Waals surface area contributed by atoms with Crippen molar-refractivity contribution in [3.63, 3.8) is 0 Å². The Morgan fingerprint density at radius 1 is 1.35 bits per heavy atom. The molecule has 0 aliphatic carbocycles. The predicted molar refractivity (Wildman–Crippen MR) is 98.2 cm³/mol. The van der Waals surface area contributed by atoms with E-state index in [1.54, 1.807) is 17.0 Å². The van der Waals surface area contributed by atoms with Gasteiger partial charge in [-0.2, -0.15) is 0 Å². The van der Waals surface area contributed by atoms with Gasteiger partial charge in [-0.25, -0.2) is 0 Å². The number of quaternary nitrogens is 1. The Hall–Kier alpha value is -2.58. The maximum atomic E-state index is 12.1. The zero-order valence-electron chi connectivity index (χ0n) is 14.3. The number of nitro groups is 1. The minimum absolute atomic E-state index is 0.129. The van der Waals surface area contributed by atoms with E-state index < -0.39 is 16.7 Å². The van der Waals surface area contributed by atoms with Gasteiger partial charge < -0.3 is 19.5 Å². The molecule has 1 saturated heterocycles. The van der Waals surface area contributed by atoms with Crippen LogP contribution < -0.4 is 15.1 Å². The maximum Gasteiger partial charge on any atom is 0.433 e. The number of halogens is 1. The molecular formula is C17H20ClN4O4+. The standard InChI is InChI=1S/C17H19ClN4O4/c1-2-20-7-9-21(10-8-20)14-4-3-12(11-13(14)18)19-17(23)15-5-6-16(26-15)22(24)25/h3-6,11H,2,7-10H2,1H3,(H,19,23)/p+1. The monoisotopic (exact) mass is 379 g/mol. The molecule has 8 nitrogen and oxygen atoms in total. The Kier molecular flexibility index (Phi) is 5.43. The summed E-state index contributed by atoms with van der Waals surface area (Å²) >= 11 is 6.40. The van der Waals surface area contributed by atoms with E-state index in [9.17, 15) is 14.9 Å². The lowest BCUT2D eigenvalue weighted by molar-refractivity contribution is -0.898. The highest BCUT2D eigenvalue weighted by Crippen LogP contribution is 2.29. The molecule has 26 heavy (non-hydrogen) atoms. The van der Waals surface area contributed by atoms with E-state index in [1.807, 2.05) is 6.07 Å². The number of piperazine rings is 1. The van der Waals surface area contributed by atoms with Crippen molar-refractivity contribution in [3.05, 3.63) is 51.2 Å². The van der Waals surface area contributed by atoms with Crippen molar-refractivity contribution in [1.82, 2.24) is 0 Å². The number of amides is 1. The number of hydrogen-bond donors (Lipinski definition) is 2. The first-order valence-electron chi connectivity index (χ1n) is 8.41. The van der Waals surface area contributed by atoms with E-state index in [1.165, 1.54) is 6.07 Å². The van der Waals surface area contributed by atoms with E-state index in [0.717, 1.165) is 44.5 Å². The van der Waals surface area contributed by atoms with Crippen LogP contribution in [-0.4, -0.2) is 43.6 Å². The van der Waals surface area contributed by atoms with Crippen LogP contribution in [0.25, 0.3) is 0 Å². The fourth-order valence-corrected chi connectivity index (χ4v) is 3.30. The summed E-state index contributed by atoms with van der Waals surface area (Å²) in [5, 5.41) is 13.8. The van der Waals surface area contributed by atoms with Crippen LogP contribution in [0, 0.1) is 10.1 Å². The minimum atomic E-state index is -0.692. The van der Waals surface area contributed by atoms with Crippen LogP contribution >= 0.6 is 11.6 Å². The zero-order chi connectivity index (χ0) is 18.7. The van der Waals surface area contributed by atoms with E-state index in [2.05, 4.69) is 17.1 Å². The number of nitrogens with zero attached hydrogens (tertiary/aromatic N) is 2. The van der Waals surface area contributed by atoms with Gasteiger partial charge in [0.1, 0.15) is 4.92 Å². The molecule has 0 radical (unpaired) electrons. The van der Waals surface area contributed by atoms with E-state index in [-0.39, 0.29) is 5.76 Å². The highest BCUT2D eigenvalue weighted by atomic mass is 35.5. The van der Waals surface area contributed by atoms with Gasteiger partial charge in [0.25, 0.3) is 5.91 Å². The van der Waals surface area contributed by atoms with Crippen molar-refractivity contribution in [2.45, 2.75) is 6.92 Å². The Morgan fingerprint density at radius 3 is 2.65 bits per heavy atom. The molecule has 1 aromatic heterocycles. The molecule has 138 valence electrons. The van der Waals surface area contributed by atoms with Crippen LogP contribution in [0.1, 0.15) is 17.5 Å². The molecule has 1 aliphatic heterocycles. The summed E-state index contributed by atoms with van der Waals surface area (Å²) in [6.07, 6.45) is 0. The molecule has 2 heterocycles. The molecule has 0 atom stereocenters. The normalized spacial score (nSPS) is 15.1. The van der Waals surface area contributed by atoms with E-state index >= 15 is 0 Å². The molecular weight excluding hydrogens is 360 g/mol. The average Bonchev–Trinajstić information content (AvgIpc) is 3.13. The smallest absolute Gasteiger partial charge is 0.395 e. The highest BCUT2D eigenvalue weighted by molar-refractivity contribution is 6.33. The summed E-state index contributed by atoms with van der Waals surface area (Å²) in [5.74, 6) is -1.17. The van der Waals surface area contributed by atoms with E-state index in [4.69, 9.17) is 16.0 Å². The third-order valence-corrected chi connectivity index (χ3v) is 4.82. The van der Waals surface area contributed by atoms with Crippen LogP contribution in [0.2, 0.25) is 5.02 Å². The minimum Gasteiger partial charge on any atom is -0.395 e. The van der Waals surface area contributed by atoms with Crippen molar-refractivity contribution in [1.29, 1.82) is 0 Å². The number of likely N-dealkylation sites (N-methyl/N-ethyl adjacent to an activating group) is 1. The largest absolute Gasteiger partial charge is 0.433 e. The van der Waals surface area contributed by atoms with Crippen molar-refractivity contribution in [2.75, 3.05) is 42.9 Å². The summed E-state index contributed by atoms with van der Waals surface area (Å²) < 4.78 is 4.89. The molecule has 1 fully saturated rings. The lowest BCUT2D eigenvalue weighted by atomic mass is 10.2. The van der Waals surface area contributed by atoms with Crippen molar-refractivity contribution < 1.29 is 19.0 Å². The average molecular weight is 380 g/mol. The van der Waals surface area contributed by atoms with Gasteiger partial charge in [-0.1, -0.05) is 11.6 Å². The number of anilines is 2. The summed E-state index contributed by atoms with van der Waals surface area (Å²) in [6.45, 7) is 7.32. The lowest BCUT2D eigenvalue weighted by Gasteiger charge is -2.33.